The van der Waals surface area contributed by atoms with Crippen LogP contribution in [0.3, 0.4) is 0 Å². The van der Waals surface area contributed by atoms with Gasteiger partial charge in [0.05, 0.1) is 5.69 Å². The van der Waals surface area contributed by atoms with Gasteiger partial charge in [-0.05, 0) is 32.0 Å². The smallest absolute Gasteiger partial charge is 0.137 e. The van der Waals surface area contributed by atoms with Gasteiger partial charge in [0.15, 0.2) is 0 Å². The Morgan fingerprint density at radius 2 is 2.00 bits per heavy atom. The predicted molar refractivity (Wildman–Crippen MR) is 57.9 cm³/mol. The van der Waals surface area contributed by atoms with Gasteiger partial charge in [-0.3, -0.25) is 0 Å². The average Bonchev–Trinajstić information content (AvgIpc) is 2.45. The van der Waals surface area contributed by atoms with Crippen molar-refractivity contribution in [3.8, 4) is 11.4 Å². The minimum absolute atomic E-state index is 0.350. The van der Waals surface area contributed by atoms with Crippen molar-refractivity contribution < 1.29 is 4.39 Å². The van der Waals surface area contributed by atoms with E-state index in [9.17, 15) is 4.39 Å². The largest absolute Gasteiger partial charge is 0.399 e. The van der Waals surface area contributed by atoms with Crippen molar-refractivity contribution in [1.82, 2.24) is 9.97 Å². The summed E-state index contributed by atoms with van der Waals surface area (Å²) >= 11 is 0. The van der Waals surface area contributed by atoms with Gasteiger partial charge < -0.3 is 10.7 Å². The minimum Gasteiger partial charge on any atom is -0.399 e. The molecule has 0 aliphatic heterocycles. The molecule has 2 aromatic rings. The van der Waals surface area contributed by atoms with Crippen LogP contribution in [0.4, 0.5) is 10.1 Å². The van der Waals surface area contributed by atoms with Crippen LogP contribution in [0.1, 0.15) is 11.4 Å². The fourth-order valence-electron chi connectivity index (χ4n) is 1.43. The summed E-state index contributed by atoms with van der Waals surface area (Å²) in [6.45, 7) is 3.83. The van der Waals surface area contributed by atoms with Crippen LogP contribution in [-0.2, 0) is 0 Å². The third kappa shape index (κ3) is 1.83. The number of halogens is 1. The Balaban J connectivity index is 2.53. The highest BCUT2D eigenvalue weighted by Gasteiger charge is 2.06. The van der Waals surface area contributed by atoms with Crippen molar-refractivity contribution in [2.24, 2.45) is 0 Å². The van der Waals surface area contributed by atoms with Gasteiger partial charge in [0, 0.05) is 16.9 Å². The molecule has 3 N–H and O–H groups in total. The SMILES string of the molecule is Cc1nc(-c2cc(N)cc(F)c2)[nH]c1C. The van der Waals surface area contributed by atoms with Gasteiger partial charge in [0.1, 0.15) is 11.6 Å². The summed E-state index contributed by atoms with van der Waals surface area (Å²) in [5.41, 5.74) is 8.52. The number of benzene rings is 1. The van der Waals surface area contributed by atoms with E-state index < -0.39 is 0 Å². The van der Waals surface area contributed by atoms with Crippen LogP contribution in [0, 0.1) is 19.7 Å². The summed E-state index contributed by atoms with van der Waals surface area (Å²) in [4.78, 5) is 7.37. The number of hydrogen-bond donors (Lipinski definition) is 2. The number of anilines is 1. The number of nitrogens with zero attached hydrogens (tertiary/aromatic N) is 1. The van der Waals surface area contributed by atoms with E-state index in [4.69, 9.17) is 5.73 Å². The molecule has 0 unspecified atom stereocenters. The second-order valence-corrected chi connectivity index (χ2v) is 3.57. The van der Waals surface area contributed by atoms with Crippen LogP contribution in [0.15, 0.2) is 18.2 Å². The van der Waals surface area contributed by atoms with E-state index in [1.54, 1.807) is 6.07 Å². The lowest BCUT2D eigenvalue weighted by molar-refractivity contribution is 0.629. The number of nitrogen functional groups attached to an aromatic ring is 1. The zero-order valence-electron chi connectivity index (χ0n) is 8.63. The summed E-state index contributed by atoms with van der Waals surface area (Å²) in [6.07, 6.45) is 0. The Hall–Kier alpha value is -1.84. The van der Waals surface area contributed by atoms with Gasteiger partial charge in [0.25, 0.3) is 0 Å². The summed E-state index contributed by atoms with van der Waals surface area (Å²) < 4.78 is 13.1. The zero-order valence-corrected chi connectivity index (χ0v) is 8.63. The van der Waals surface area contributed by atoms with Crippen LogP contribution in [0.5, 0.6) is 0 Å². The maximum absolute atomic E-state index is 13.1. The number of imidazole rings is 1. The Bertz CT molecular complexity index is 463. The fourth-order valence-corrected chi connectivity index (χ4v) is 1.43. The van der Waals surface area contributed by atoms with E-state index in [-0.39, 0.29) is 5.82 Å². The van der Waals surface area contributed by atoms with Crippen molar-refractivity contribution in [2.45, 2.75) is 13.8 Å². The molecule has 2 rings (SSSR count). The number of nitrogens with one attached hydrogen (secondary N) is 1. The molecule has 0 atom stereocenters. The molecule has 4 heteroatoms. The lowest BCUT2D eigenvalue weighted by atomic mass is 10.2. The highest BCUT2D eigenvalue weighted by molar-refractivity contribution is 5.61. The monoisotopic (exact) mass is 205 g/mol. The molecule has 0 saturated carbocycles. The summed E-state index contributed by atoms with van der Waals surface area (Å²) in [5.74, 6) is 0.299. The Labute approximate surface area is 87.2 Å². The van der Waals surface area contributed by atoms with E-state index in [2.05, 4.69) is 9.97 Å². The molecule has 1 aromatic heterocycles. The van der Waals surface area contributed by atoms with Crippen molar-refractivity contribution in [3.05, 3.63) is 35.4 Å². The fraction of sp³-hybridized carbons (Fsp3) is 0.182. The number of aromatic amines is 1. The zero-order chi connectivity index (χ0) is 11.0. The van der Waals surface area contributed by atoms with Crippen LogP contribution in [-0.4, -0.2) is 9.97 Å². The molecule has 0 saturated heterocycles. The molecule has 0 fully saturated rings. The van der Waals surface area contributed by atoms with Gasteiger partial charge in [-0.15, -0.1) is 0 Å². The molecular formula is C11H12FN3. The summed E-state index contributed by atoms with van der Waals surface area (Å²) in [7, 11) is 0. The first kappa shape index (κ1) is 9.71. The lowest BCUT2D eigenvalue weighted by Crippen LogP contribution is -1.89. The third-order valence-corrected chi connectivity index (χ3v) is 2.32. The molecule has 0 aliphatic carbocycles. The molecule has 78 valence electrons. The van der Waals surface area contributed by atoms with E-state index in [0.717, 1.165) is 11.4 Å². The normalized spacial score (nSPS) is 10.6. The number of aromatic nitrogens is 2. The van der Waals surface area contributed by atoms with E-state index in [1.807, 2.05) is 13.8 Å². The summed E-state index contributed by atoms with van der Waals surface area (Å²) in [6, 6.07) is 4.39. The molecule has 0 spiro atoms. The van der Waals surface area contributed by atoms with Crippen LogP contribution in [0.25, 0.3) is 11.4 Å². The number of hydrogen-bond acceptors (Lipinski definition) is 2. The molecule has 15 heavy (non-hydrogen) atoms. The van der Waals surface area contributed by atoms with Crippen molar-refractivity contribution >= 4 is 5.69 Å². The minimum atomic E-state index is -0.350. The molecule has 0 radical (unpaired) electrons. The van der Waals surface area contributed by atoms with E-state index >= 15 is 0 Å². The van der Waals surface area contributed by atoms with Gasteiger partial charge in [-0.1, -0.05) is 0 Å². The molecule has 0 aliphatic rings. The maximum atomic E-state index is 13.1. The molecule has 1 aromatic carbocycles. The number of aryl methyl sites for hydroxylation is 2. The van der Waals surface area contributed by atoms with E-state index in [1.165, 1.54) is 12.1 Å². The maximum Gasteiger partial charge on any atom is 0.137 e. The Morgan fingerprint density at radius 3 is 2.53 bits per heavy atom. The van der Waals surface area contributed by atoms with Crippen molar-refractivity contribution in [2.75, 3.05) is 5.73 Å². The lowest BCUT2D eigenvalue weighted by Gasteiger charge is -1.99. The van der Waals surface area contributed by atoms with Crippen molar-refractivity contribution in [1.29, 1.82) is 0 Å². The van der Waals surface area contributed by atoms with Gasteiger partial charge in [-0.2, -0.15) is 0 Å². The topological polar surface area (TPSA) is 54.7 Å². The predicted octanol–water partition coefficient (Wildman–Crippen LogP) is 2.41. The average molecular weight is 205 g/mol. The van der Waals surface area contributed by atoms with Crippen LogP contribution in [0.2, 0.25) is 0 Å². The number of nitrogens with two attached hydrogens (primary N) is 1. The molecule has 1 heterocycles. The first-order valence-electron chi connectivity index (χ1n) is 4.66. The summed E-state index contributed by atoms with van der Waals surface area (Å²) in [5, 5.41) is 0. The highest BCUT2D eigenvalue weighted by atomic mass is 19.1. The van der Waals surface area contributed by atoms with Gasteiger partial charge >= 0.3 is 0 Å². The number of rotatable bonds is 1. The molecule has 3 nitrogen and oxygen atoms in total. The van der Waals surface area contributed by atoms with Crippen LogP contribution < -0.4 is 5.73 Å². The quantitative estimate of drug-likeness (QED) is 0.702. The Kier molecular flexibility index (Phi) is 2.19. The second kappa shape index (κ2) is 3.38. The molecule has 0 amide bonds. The Morgan fingerprint density at radius 1 is 1.27 bits per heavy atom. The van der Waals surface area contributed by atoms with Crippen molar-refractivity contribution in [3.63, 3.8) is 0 Å². The first-order valence-corrected chi connectivity index (χ1v) is 4.66. The molecule has 0 bridgehead atoms. The van der Waals surface area contributed by atoms with Crippen LogP contribution >= 0.6 is 0 Å². The number of H-pyrrole nitrogens is 1. The van der Waals surface area contributed by atoms with E-state index in [0.29, 0.717) is 17.1 Å². The standard InChI is InChI=1S/C11H12FN3/c1-6-7(2)15-11(14-6)8-3-9(12)5-10(13)4-8/h3-5H,13H2,1-2H3,(H,14,15). The highest BCUT2D eigenvalue weighted by Crippen LogP contribution is 2.21. The first-order chi connectivity index (χ1) is 7.06. The third-order valence-electron chi connectivity index (χ3n) is 2.32. The van der Waals surface area contributed by atoms with Gasteiger partial charge in [-0.25, -0.2) is 9.37 Å². The molecular weight excluding hydrogens is 193 g/mol. The van der Waals surface area contributed by atoms with Gasteiger partial charge in [0.2, 0.25) is 0 Å². The second-order valence-electron chi connectivity index (χ2n) is 3.57.